The number of aliphatic carboxylic acids is 1. The van der Waals surface area contributed by atoms with Gasteiger partial charge in [0, 0.05) is 24.3 Å². The molecule has 66 heavy (non-hydrogen) atoms. The fourth-order valence-corrected chi connectivity index (χ4v) is 7.00. The van der Waals surface area contributed by atoms with Crippen molar-refractivity contribution in [1.29, 1.82) is 0 Å². The van der Waals surface area contributed by atoms with E-state index in [0.29, 0.717) is 18.5 Å². The molecule has 0 saturated carbocycles. The third-order valence-corrected chi connectivity index (χ3v) is 10.8. The van der Waals surface area contributed by atoms with Crippen LogP contribution in [0.4, 0.5) is 0 Å². The number of primary amides is 1. The number of benzene rings is 2. The van der Waals surface area contributed by atoms with Crippen molar-refractivity contribution in [3.05, 3.63) is 71.8 Å². The highest BCUT2D eigenvalue weighted by molar-refractivity contribution is 7.80. The van der Waals surface area contributed by atoms with Gasteiger partial charge in [-0.05, 0) is 44.4 Å². The maximum Gasteiger partial charge on any atom is 0.327 e. The lowest BCUT2D eigenvalue weighted by Crippen LogP contribution is -2.61. The number of carbonyl (C=O) groups is 10. The van der Waals surface area contributed by atoms with Crippen molar-refractivity contribution >= 4 is 84.4 Å². The molecule has 0 spiro atoms. The third kappa shape index (κ3) is 18.0. The minimum atomic E-state index is -1.67. The van der Waals surface area contributed by atoms with Crippen LogP contribution in [0.15, 0.2) is 60.7 Å². The topological polar surface area (TPSA) is 345 Å². The van der Waals surface area contributed by atoms with Crippen LogP contribution in [0.5, 0.6) is 0 Å². The number of hydrogen-bond donors (Lipinski definition) is 14. The van der Waals surface area contributed by atoms with Gasteiger partial charge in [0.1, 0.15) is 42.3 Å². The Kier molecular flexibility index (Phi) is 22.4. The number of rotatable bonds is 26. The second-order valence-corrected chi connectivity index (χ2v) is 16.2. The molecule has 1 aliphatic heterocycles. The van der Waals surface area contributed by atoms with Crippen LogP contribution in [0.2, 0.25) is 0 Å². The summed E-state index contributed by atoms with van der Waals surface area (Å²) in [6, 6.07) is 6.66. The molecule has 1 fully saturated rings. The highest BCUT2D eigenvalue weighted by Crippen LogP contribution is 2.10. The monoisotopic (exact) mass is 958 g/mol. The predicted molar refractivity (Wildman–Crippen MR) is 244 cm³/mol. The maximum atomic E-state index is 13.7. The van der Waals surface area contributed by atoms with Gasteiger partial charge in [0.25, 0.3) is 0 Å². The van der Waals surface area contributed by atoms with Gasteiger partial charge < -0.3 is 63.8 Å². The van der Waals surface area contributed by atoms with Crippen LogP contribution in [0.1, 0.15) is 44.2 Å². The second-order valence-electron chi connectivity index (χ2n) is 15.4. The molecule has 22 nitrogen and oxygen atoms in total. The standard InChI is InChI=1S/C42H58N10O12S2/c1-22(35(56)48-28(17-25-12-7-4-8-13-25)39(60)52-34(23(2)53)41(62)45-19-33(55)47-31(21-66)42(63)64)46-37(58)29(18-32(43)54)50-40(61)30(20-65)51-38(59)27(16-24-10-5-3-6-11-24)49-36(57)26-14-9-15-44-26/h3-8,10-13,22-23,26-31,34,44,53,65-66H,9,14-21H2,1-2H3,(H2,43,54)(H,45,62)(H,46,58)(H,47,55)(H,48,56)(H,49,57)(H,50,61)(H,51,59)(H,52,60)(H,63,64)/t22-,23+,26-,27-,28-,29-,30-,31-,34-/m0/s1. The lowest BCUT2D eigenvalue weighted by Gasteiger charge is -2.27. The number of aliphatic hydroxyl groups excluding tert-OH is 1. The number of hydrogen-bond acceptors (Lipinski definition) is 14. The molecule has 0 bridgehead atoms. The van der Waals surface area contributed by atoms with Gasteiger partial charge in [-0.15, -0.1) is 0 Å². The molecular formula is C42H58N10O12S2. The van der Waals surface area contributed by atoms with E-state index in [4.69, 9.17) is 10.8 Å². The molecule has 1 heterocycles. The van der Waals surface area contributed by atoms with E-state index in [0.717, 1.165) is 12.0 Å². The summed E-state index contributed by atoms with van der Waals surface area (Å²) < 4.78 is 0. The Morgan fingerprint density at radius 1 is 0.652 bits per heavy atom. The van der Waals surface area contributed by atoms with Crippen molar-refractivity contribution in [3.8, 4) is 0 Å². The van der Waals surface area contributed by atoms with E-state index in [1.165, 1.54) is 13.8 Å². The molecule has 360 valence electrons. The van der Waals surface area contributed by atoms with E-state index < -0.39 is 127 Å². The predicted octanol–water partition coefficient (Wildman–Crippen LogP) is -4.05. The molecule has 24 heteroatoms. The van der Waals surface area contributed by atoms with Crippen molar-refractivity contribution in [3.63, 3.8) is 0 Å². The Morgan fingerprint density at radius 2 is 1.15 bits per heavy atom. The average molecular weight is 959 g/mol. The number of thiol groups is 2. The van der Waals surface area contributed by atoms with Crippen molar-refractivity contribution < 1.29 is 58.2 Å². The Balaban J connectivity index is 1.71. The first-order chi connectivity index (χ1) is 31.3. The molecule has 1 aliphatic rings. The van der Waals surface area contributed by atoms with Crippen LogP contribution >= 0.6 is 25.3 Å². The number of aliphatic hydroxyl groups is 1. The Bertz CT molecular complexity index is 2030. The number of nitrogens with two attached hydrogens (primary N) is 1. The molecule has 0 radical (unpaired) electrons. The summed E-state index contributed by atoms with van der Waals surface area (Å²) in [5.41, 5.74) is 6.68. The summed E-state index contributed by atoms with van der Waals surface area (Å²) in [4.78, 5) is 130. The van der Waals surface area contributed by atoms with E-state index in [-0.39, 0.29) is 24.3 Å². The van der Waals surface area contributed by atoms with Crippen LogP contribution in [0, 0.1) is 0 Å². The van der Waals surface area contributed by atoms with Crippen LogP contribution in [0.25, 0.3) is 0 Å². The number of carbonyl (C=O) groups excluding carboxylic acids is 9. The van der Waals surface area contributed by atoms with Crippen LogP contribution in [-0.2, 0) is 60.8 Å². The van der Waals surface area contributed by atoms with E-state index in [9.17, 15) is 53.1 Å². The lowest BCUT2D eigenvalue weighted by atomic mass is 10.0. The number of nitrogens with one attached hydrogen (secondary N) is 9. The zero-order valence-corrected chi connectivity index (χ0v) is 38.1. The van der Waals surface area contributed by atoms with Gasteiger partial charge in [0.05, 0.1) is 25.1 Å². The first-order valence-electron chi connectivity index (χ1n) is 20.9. The molecule has 0 aliphatic carbocycles. The van der Waals surface area contributed by atoms with Crippen LogP contribution < -0.4 is 53.6 Å². The Hall–Kier alpha value is -6.24. The lowest BCUT2D eigenvalue weighted by molar-refractivity contribution is -0.141. The molecule has 9 atom stereocenters. The quantitative estimate of drug-likeness (QED) is 0.0400. The zero-order chi connectivity index (χ0) is 48.9. The van der Waals surface area contributed by atoms with E-state index in [2.05, 4.69) is 73.1 Å². The SMILES string of the molecule is C[C@H](NC(=O)[C@H](CC(N)=O)NC(=O)[C@H](CS)NC(=O)[C@H](Cc1ccccc1)NC(=O)[C@@H]1CCCN1)C(=O)N[C@@H](Cc1ccccc1)C(=O)N[C@H](C(=O)NCC(=O)N[C@@H](CS)C(=O)O)[C@@H](C)O. The summed E-state index contributed by atoms with van der Waals surface area (Å²) in [7, 11) is 0. The molecule has 13 N–H and O–H groups in total. The number of carboxylic acid groups (broad SMARTS) is 1. The highest BCUT2D eigenvalue weighted by Gasteiger charge is 2.35. The van der Waals surface area contributed by atoms with E-state index in [1.807, 2.05) is 0 Å². The van der Waals surface area contributed by atoms with Gasteiger partial charge in [-0.1, -0.05) is 60.7 Å². The first kappa shape index (κ1) is 54.1. The normalized spacial score (nSPS) is 16.8. The number of amides is 9. The van der Waals surface area contributed by atoms with Crippen molar-refractivity contribution in [2.75, 3.05) is 24.6 Å². The van der Waals surface area contributed by atoms with Crippen molar-refractivity contribution in [1.82, 2.24) is 47.9 Å². The van der Waals surface area contributed by atoms with Gasteiger partial charge in [-0.25, -0.2) is 4.79 Å². The number of carboxylic acids is 1. The van der Waals surface area contributed by atoms with Gasteiger partial charge in [0.2, 0.25) is 53.2 Å². The van der Waals surface area contributed by atoms with Crippen molar-refractivity contribution in [2.45, 2.75) is 100 Å². The van der Waals surface area contributed by atoms with Crippen LogP contribution in [0.3, 0.4) is 0 Å². The fraction of sp³-hybridized carbons (Fsp3) is 0.476. The smallest absolute Gasteiger partial charge is 0.327 e. The molecule has 2 aromatic carbocycles. The minimum absolute atomic E-state index is 0.0816. The largest absolute Gasteiger partial charge is 0.480 e. The molecule has 1 saturated heterocycles. The minimum Gasteiger partial charge on any atom is -0.480 e. The molecule has 0 unspecified atom stereocenters. The van der Waals surface area contributed by atoms with Gasteiger partial charge >= 0.3 is 5.97 Å². The molecule has 0 aromatic heterocycles. The van der Waals surface area contributed by atoms with Gasteiger partial charge in [0.15, 0.2) is 0 Å². The summed E-state index contributed by atoms with van der Waals surface area (Å²) in [6.45, 7) is 2.35. The van der Waals surface area contributed by atoms with Gasteiger partial charge in [-0.2, -0.15) is 25.3 Å². The Morgan fingerprint density at radius 3 is 1.65 bits per heavy atom. The fourth-order valence-electron chi connectivity index (χ4n) is 6.49. The van der Waals surface area contributed by atoms with Crippen LogP contribution in [-0.4, -0.2) is 148 Å². The Labute approximate surface area is 391 Å². The average Bonchev–Trinajstić information content (AvgIpc) is 3.83. The third-order valence-electron chi connectivity index (χ3n) is 10.1. The zero-order valence-electron chi connectivity index (χ0n) is 36.3. The van der Waals surface area contributed by atoms with E-state index in [1.54, 1.807) is 60.7 Å². The molecule has 9 amide bonds. The summed E-state index contributed by atoms with van der Waals surface area (Å²) in [5.74, 6) is -9.80. The van der Waals surface area contributed by atoms with Crippen molar-refractivity contribution in [2.24, 2.45) is 5.73 Å². The second kappa shape index (κ2) is 27.3. The van der Waals surface area contributed by atoms with E-state index >= 15 is 0 Å². The summed E-state index contributed by atoms with van der Waals surface area (Å²) >= 11 is 8.06. The molecule has 3 rings (SSSR count). The molecular weight excluding hydrogens is 901 g/mol. The molecule has 2 aromatic rings. The first-order valence-corrected chi connectivity index (χ1v) is 22.2. The van der Waals surface area contributed by atoms with Gasteiger partial charge in [-0.3, -0.25) is 43.2 Å². The summed E-state index contributed by atoms with van der Waals surface area (Å²) in [5, 5.41) is 41.9. The summed E-state index contributed by atoms with van der Waals surface area (Å²) in [6.07, 6.45) is -0.984. The maximum absolute atomic E-state index is 13.7. The highest BCUT2D eigenvalue weighted by atomic mass is 32.1.